The maximum Gasteiger partial charge on any atom is 0.410 e. The molecule has 0 radical (unpaired) electrons. The molecule has 2 aromatic heterocycles. The fourth-order valence-electron chi connectivity index (χ4n) is 6.89. The monoisotopic (exact) mass is 605 g/mol. The van der Waals surface area contributed by atoms with Gasteiger partial charge >= 0.3 is 6.09 Å². The van der Waals surface area contributed by atoms with Crippen LogP contribution in [0.15, 0.2) is 43.0 Å². The molecule has 6 heterocycles. The lowest BCUT2D eigenvalue weighted by molar-refractivity contribution is -0.200. The number of benzene rings is 1. The average Bonchev–Trinajstić information content (AvgIpc) is 3.71. The van der Waals surface area contributed by atoms with Gasteiger partial charge in [-0.05, 0) is 53.2 Å². The third-order valence-electron chi connectivity index (χ3n) is 8.67. The second-order valence-electron chi connectivity index (χ2n) is 13.8. The van der Waals surface area contributed by atoms with Crippen LogP contribution in [0.2, 0.25) is 0 Å². The van der Waals surface area contributed by atoms with E-state index in [9.17, 15) is 9.59 Å². The highest BCUT2D eigenvalue weighted by Gasteiger charge is 2.58. The molecule has 4 atom stereocenters. The van der Waals surface area contributed by atoms with Crippen LogP contribution in [0.1, 0.15) is 57.6 Å². The molecule has 13 heteroatoms. The number of carbonyl (C=O) groups is 2. The van der Waals surface area contributed by atoms with Gasteiger partial charge in [0.2, 0.25) is 0 Å². The zero-order valence-corrected chi connectivity index (χ0v) is 25.7. The first kappa shape index (κ1) is 29.1. The van der Waals surface area contributed by atoms with Crippen molar-refractivity contribution in [1.29, 1.82) is 0 Å². The number of fused-ring (bicyclic) bond motifs is 2. The minimum atomic E-state index is -0.772. The van der Waals surface area contributed by atoms with Crippen LogP contribution in [0.3, 0.4) is 0 Å². The molecule has 1 spiro atoms. The van der Waals surface area contributed by atoms with Crippen LogP contribution >= 0.6 is 0 Å². The van der Waals surface area contributed by atoms with E-state index in [2.05, 4.69) is 25.2 Å². The van der Waals surface area contributed by atoms with Crippen molar-refractivity contribution in [2.45, 2.75) is 77.0 Å². The SMILES string of the molecule is CC(C)(C)OC(=O)N1CCC2(CN(CC3OC(n4cnc5c(NC(=O)c6ccccc6)ncnc54)[C@@H]4OC(C)(C)O[C@@H]34)C2)C1. The topological polar surface area (TPSA) is 133 Å². The van der Waals surface area contributed by atoms with E-state index >= 15 is 0 Å². The van der Waals surface area contributed by atoms with Crippen LogP contribution in [-0.2, 0) is 18.9 Å². The standard InChI is InChI=1S/C31H39N7O6/c1-29(2,3)44-28(40)37-12-11-31(16-37)14-36(15-31)13-20-22-23(43-30(4,5)42-22)27(41-20)38-18-34-21-24(32-17-33-25(21)38)35-26(39)19-9-7-6-8-10-19/h6-10,17-18,20,22-23,27H,11-16H2,1-5H3,(H,32,33,35,39)/t20?,22-,23+,27?/m0/s1. The number of imidazole rings is 1. The van der Waals surface area contributed by atoms with Crippen LogP contribution < -0.4 is 5.32 Å². The van der Waals surface area contributed by atoms with E-state index in [0.717, 1.165) is 19.5 Å². The summed E-state index contributed by atoms with van der Waals surface area (Å²) in [5.41, 5.74) is 1.08. The summed E-state index contributed by atoms with van der Waals surface area (Å²) in [5, 5.41) is 2.86. The van der Waals surface area contributed by atoms with Gasteiger partial charge in [0.15, 0.2) is 29.0 Å². The van der Waals surface area contributed by atoms with Gasteiger partial charge in [0.25, 0.3) is 5.91 Å². The first-order chi connectivity index (χ1) is 20.9. The Kier molecular flexibility index (Phi) is 6.92. The molecule has 2 unspecified atom stereocenters. The lowest BCUT2D eigenvalue weighted by Gasteiger charge is -2.49. The van der Waals surface area contributed by atoms with E-state index < -0.39 is 17.6 Å². The fraction of sp³-hybridized carbons (Fsp3) is 0.581. The maximum atomic E-state index is 12.8. The smallest absolute Gasteiger partial charge is 0.410 e. The third kappa shape index (κ3) is 5.42. The predicted molar refractivity (Wildman–Crippen MR) is 159 cm³/mol. The predicted octanol–water partition coefficient (Wildman–Crippen LogP) is 3.44. The zero-order valence-electron chi connectivity index (χ0n) is 25.7. The van der Waals surface area contributed by atoms with Crippen molar-refractivity contribution in [2.24, 2.45) is 5.41 Å². The minimum absolute atomic E-state index is 0.0820. The van der Waals surface area contributed by atoms with E-state index in [1.807, 2.05) is 50.2 Å². The summed E-state index contributed by atoms with van der Waals surface area (Å²) >= 11 is 0. The Morgan fingerprint density at radius 3 is 2.55 bits per heavy atom. The maximum absolute atomic E-state index is 12.8. The first-order valence-corrected chi connectivity index (χ1v) is 15.1. The van der Waals surface area contributed by atoms with Gasteiger partial charge in [0.05, 0.1) is 6.33 Å². The van der Waals surface area contributed by atoms with Crippen LogP contribution in [-0.4, -0.2) is 104 Å². The largest absolute Gasteiger partial charge is 0.444 e. The molecule has 1 aromatic carbocycles. The van der Waals surface area contributed by atoms with E-state index in [1.165, 1.54) is 6.33 Å². The summed E-state index contributed by atoms with van der Waals surface area (Å²) in [6, 6.07) is 8.94. The number of likely N-dealkylation sites (tertiary alicyclic amines) is 2. The van der Waals surface area contributed by atoms with Crippen molar-refractivity contribution in [3.63, 3.8) is 0 Å². The van der Waals surface area contributed by atoms with E-state index in [1.54, 1.807) is 30.6 Å². The van der Waals surface area contributed by atoms with E-state index in [-0.39, 0.29) is 35.7 Å². The Morgan fingerprint density at radius 2 is 1.80 bits per heavy atom. The Balaban J connectivity index is 1.05. The second-order valence-corrected chi connectivity index (χ2v) is 13.8. The van der Waals surface area contributed by atoms with Crippen molar-refractivity contribution in [1.82, 2.24) is 29.3 Å². The number of amides is 2. The van der Waals surface area contributed by atoms with E-state index in [4.69, 9.17) is 18.9 Å². The van der Waals surface area contributed by atoms with Crippen molar-refractivity contribution in [3.05, 3.63) is 48.5 Å². The van der Waals surface area contributed by atoms with Gasteiger partial charge in [-0.3, -0.25) is 14.3 Å². The molecule has 7 rings (SSSR count). The zero-order chi connectivity index (χ0) is 30.9. The van der Waals surface area contributed by atoms with Crippen molar-refractivity contribution >= 4 is 29.0 Å². The van der Waals surface area contributed by atoms with Gasteiger partial charge in [-0.25, -0.2) is 19.7 Å². The minimum Gasteiger partial charge on any atom is -0.444 e. The second kappa shape index (κ2) is 10.5. The highest BCUT2D eigenvalue weighted by atomic mass is 16.8. The summed E-state index contributed by atoms with van der Waals surface area (Å²) in [7, 11) is 0. The molecule has 4 fully saturated rings. The van der Waals surface area contributed by atoms with Gasteiger partial charge in [-0.1, -0.05) is 18.2 Å². The fourth-order valence-corrected chi connectivity index (χ4v) is 6.89. The van der Waals surface area contributed by atoms with Crippen molar-refractivity contribution < 1.29 is 28.5 Å². The number of ether oxygens (including phenoxy) is 4. The molecule has 234 valence electrons. The molecule has 4 aliphatic rings. The Morgan fingerprint density at radius 1 is 1.05 bits per heavy atom. The molecule has 13 nitrogen and oxygen atoms in total. The molecule has 1 N–H and O–H groups in total. The molecular formula is C31H39N7O6. The Labute approximate surface area is 255 Å². The summed E-state index contributed by atoms with van der Waals surface area (Å²) < 4.78 is 26.8. The normalized spacial score (nSPS) is 27.4. The number of nitrogens with one attached hydrogen (secondary N) is 1. The molecule has 0 saturated carbocycles. The summed E-state index contributed by atoms with van der Waals surface area (Å²) in [4.78, 5) is 43.0. The highest BCUT2D eigenvalue weighted by Crippen LogP contribution is 2.46. The van der Waals surface area contributed by atoms with Crippen LogP contribution in [0, 0.1) is 5.41 Å². The van der Waals surface area contributed by atoms with Crippen molar-refractivity contribution in [2.75, 3.05) is 38.0 Å². The molecule has 44 heavy (non-hydrogen) atoms. The molecule has 0 aliphatic carbocycles. The average molecular weight is 606 g/mol. The van der Waals surface area contributed by atoms with E-state index in [0.29, 0.717) is 42.2 Å². The molecule has 4 aliphatic heterocycles. The Hall–Kier alpha value is -3.65. The molecule has 2 amide bonds. The van der Waals surface area contributed by atoms with Gasteiger partial charge in [0.1, 0.15) is 30.2 Å². The van der Waals surface area contributed by atoms with Crippen molar-refractivity contribution in [3.8, 4) is 0 Å². The number of carbonyl (C=O) groups excluding carboxylic acids is 2. The molecule has 4 saturated heterocycles. The lowest BCUT2D eigenvalue weighted by atomic mass is 9.79. The van der Waals surface area contributed by atoms with Gasteiger partial charge < -0.3 is 29.2 Å². The lowest BCUT2D eigenvalue weighted by Crippen LogP contribution is -2.60. The highest BCUT2D eigenvalue weighted by molar-refractivity contribution is 6.06. The quantitative estimate of drug-likeness (QED) is 0.461. The number of hydrogen-bond donors (Lipinski definition) is 1. The van der Waals surface area contributed by atoms with Crippen LogP contribution in [0.4, 0.5) is 10.6 Å². The number of rotatable bonds is 5. The summed E-state index contributed by atoms with van der Waals surface area (Å²) in [6.07, 6.45) is 2.33. The molecule has 0 bridgehead atoms. The van der Waals surface area contributed by atoms with Crippen LogP contribution in [0.5, 0.6) is 0 Å². The number of hydrogen-bond acceptors (Lipinski definition) is 10. The van der Waals surface area contributed by atoms with Gasteiger partial charge in [-0.2, -0.15) is 0 Å². The number of aromatic nitrogens is 4. The summed E-state index contributed by atoms with van der Waals surface area (Å²) in [6.45, 7) is 13.3. The van der Waals surface area contributed by atoms with Gasteiger partial charge in [-0.15, -0.1) is 0 Å². The Bertz CT molecular complexity index is 1560. The first-order valence-electron chi connectivity index (χ1n) is 15.1. The molecular weight excluding hydrogens is 566 g/mol. The van der Waals surface area contributed by atoms with Gasteiger partial charge in [0, 0.05) is 43.7 Å². The number of anilines is 1. The van der Waals surface area contributed by atoms with Crippen LogP contribution in [0.25, 0.3) is 11.2 Å². The number of nitrogens with zero attached hydrogens (tertiary/aromatic N) is 6. The third-order valence-corrected chi connectivity index (χ3v) is 8.67. The molecule has 3 aromatic rings. The summed E-state index contributed by atoms with van der Waals surface area (Å²) in [5.74, 6) is -0.735.